The molecule has 10 heavy (non-hydrogen) atoms. The highest BCUT2D eigenvalue weighted by molar-refractivity contribution is 6.19. The van der Waals surface area contributed by atoms with Gasteiger partial charge in [-0.25, -0.2) is 0 Å². The van der Waals surface area contributed by atoms with E-state index in [1.165, 1.54) is 19.3 Å². The molecule has 2 atom stereocenters. The summed E-state index contributed by atoms with van der Waals surface area (Å²) in [7, 11) is 0. The third-order valence-electron chi connectivity index (χ3n) is 2.27. The molecule has 0 saturated heterocycles. The van der Waals surface area contributed by atoms with Gasteiger partial charge >= 0.3 is 0 Å². The molecule has 1 saturated carbocycles. The molecular weight excluding hydrogens is 167 g/mol. The highest BCUT2D eigenvalue weighted by Crippen LogP contribution is 2.30. The largest absolute Gasteiger partial charge is 0.126 e. The molecule has 0 aromatic carbocycles. The molecule has 0 aromatic heterocycles. The van der Waals surface area contributed by atoms with Crippen molar-refractivity contribution in [3.8, 4) is 0 Å². The maximum Gasteiger partial charge on any atom is 0.0254 e. The van der Waals surface area contributed by atoms with Gasteiger partial charge in [-0.3, -0.25) is 0 Å². The zero-order valence-corrected chi connectivity index (χ0v) is 7.54. The van der Waals surface area contributed by atoms with Crippen molar-refractivity contribution < 1.29 is 0 Å². The Kier molecular flexibility index (Phi) is 3.87. The van der Waals surface area contributed by atoms with Crippen LogP contribution >= 0.6 is 23.2 Å². The van der Waals surface area contributed by atoms with E-state index in [-0.39, 0.29) is 0 Å². The van der Waals surface area contributed by atoms with Crippen LogP contribution in [0.4, 0.5) is 0 Å². The van der Waals surface area contributed by atoms with E-state index in [2.05, 4.69) is 6.42 Å². The minimum Gasteiger partial charge on any atom is -0.126 e. The van der Waals surface area contributed by atoms with Crippen molar-refractivity contribution in [2.45, 2.75) is 19.3 Å². The summed E-state index contributed by atoms with van der Waals surface area (Å²) in [5.41, 5.74) is 0. The Morgan fingerprint density at radius 2 is 1.90 bits per heavy atom. The monoisotopic (exact) mass is 179 g/mol. The molecule has 1 fully saturated rings. The normalized spacial score (nSPS) is 34.2. The van der Waals surface area contributed by atoms with Gasteiger partial charge < -0.3 is 0 Å². The summed E-state index contributed by atoms with van der Waals surface area (Å²) < 4.78 is 0. The summed E-state index contributed by atoms with van der Waals surface area (Å²) >= 11 is 11.6. The Morgan fingerprint density at radius 3 is 2.40 bits per heavy atom. The van der Waals surface area contributed by atoms with Crippen LogP contribution in [0.5, 0.6) is 0 Å². The predicted molar refractivity (Wildman–Crippen MR) is 46.6 cm³/mol. The van der Waals surface area contributed by atoms with E-state index in [9.17, 15) is 0 Å². The lowest BCUT2D eigenvalue weighted by molar-refractivity contribution is 0.327. The molecule has 0 amide bonds. The second-order valence-electron chi connectivity index (χ2n) is 2.93. The Hall–Kier alpha value is 0.580. The summed E-state index contributed by atoms with van der Waals surface area (Å²) in [5, 5.41) is 0. The van der Waals surface area contributed by atoms with Crippen molar-refractivity contribution in [1.29, 1.82) is 0 Å². The van der Waals surface area contributed by atoms with E-state index in [4.69, 9.17) is 23.2 Å². The van der Waals surface area contributed by atoms with Gasteiger partial charge in [-0.15, -0.1) is 23.2 Å². The molecule has 1 rings (SSSR count). The zero-order valence-electron chi connectivity index (χ0n) is 6.02. The van der Waals surface area contributed by atoms with Crippen LogP contribution in [0.2, 0.25) is 0 Å². The number of rotatable bonds is 2. The van der Waals surface area contributed by atoms with Crippen LogP contribution in [0.3, 0.4) is 0 Å². The third-order valence-corrected chi connectivity index (χ3v) is 3.07. The Balaban J connectivity index is 2.34. The highest BCUT2D eigenvalue weighted by Gasteiger charge is 2.22. The van der Waals surface area contributed by atoms with Gasteiger partial charge in [-0.1, -0.05) is 0 Å². The average Bonchev–Trinajstić information content (AvgIpc) is 2.04. The van der Waals surface area contributed by atoms with Gasteiger partial charge in [0.25, 0.3) is 0 Å². The van der Waals surface area contributed by atoms with E-state index in [0.717, 1.165) is 11.8 Å². The van der Waals surface area contributed by atoms with E-state index < -0.39 is 0 Å². The van der Waals surface area contributed by atoms with Crippen molar-refractivity contribution in [2.75, 3.05) is 11.8 Å². The molecule has 2 heteroatoms. The lowest BCUT2D eigenvalue weighted by Gasteiger charge is -2.27. The molecule has 0 N–H and O–H groups in total. The fourth-order valence-corrected chi connectivity index (χ4v) is 2.27. The molecular formula is C8H13Cl2. The number of alkyl halides is 2. The first-order valence-corrected chi connectivity index (χ1v) is 4.89. The molecule has 1 aliphatic rings. The molecule has 0 aromatic rings. The Morgan fingerprint density at radius 1 is 1.20 bits per heavy atom. The van der Waals surface area contributed by atoms with E-state index >= 15 is 0 Å². The molecule has 1 radical (unpaired) electrons. The lowest BCUT2D eigenvalue weighted by atomic mass is 9.81. The van der Waals surface area contributed by atoms with Crippen LogP contribution in [-0.4, -0.2) is 11.8 Å². The van der Waals surface area contributed by atoms with Crippen LogP contribution in [0, 0.1) is 18.3 Å². The molecule has 2 unspecified atom stereocenters. The smallest absolute Gasteiger partial charge is 0.0254 e. The molecule has 0 aliphatic heterocycles. The van der Waals surface area contributed by atoms with Crippen LogP contribution in [0.15, 0.2) is 0 Å². The van der Waals surface area contributed by atoms with Gasteiger partial charge in [0.15, 0.2) is 0 Å². The fraction of sp³-hybridized carbons (Fsp3) is 0.875. The number of hydrogen-bond donors (Lipinski definition) is 0. The highest BCUT2D eigenvalue weighted by atomic mass is 35.5. The predicted octanol–water partition coefficient (Wildman–Crippen LogP) is 3.08. The first-order valence-electron chi connectivity index (χ1n) is 3.82. The van der Waals surface area contributed by atoms with Crippen molar-refractivity contribution in [2.24, 2.45) is 11.8 Å². The van der Waals surface area contributed by atoms with Gasteiger partial charge in [0.1, 0.15) is 0 Å². The molecule has 59 valence electrons. The fourth-order valence-electron chi connectivity index (χ4n) is 1.48. The summed E-state index contributed by atoms with van der Waals surface area (Å²) in [6.07, 6.45) is 5.96. The van der Waals surface area contributed by atoms with E-state index in [1.807, 2.05) is 0 Å². The summed E-state index contributed by atoms with van der Waals surface area (Å²) in [5.74, 6) is 2.87. The van der Waals surface area contributed by atoms with Crippen LogP contribution in [-0.2, 0) is 0 Å². The molecule has 0 heterocycles. The van der Waals surface area contributed by atoms with Crippen molar-refractivity contribution in [3.05, 3.63) is 6.42 Å². The average molecular weight is 180 g/mol. The van der Waals surface area contributed by atoms with E-state index in [0.29, 0.717) is 11.8 Å². The summed E-state index contributed by atoms with van der Waals surface area (Å²) in [6, 6.07) is 0. The van der Waals surface area contributed by atoms with Crippen molar-refractivity contribution in [3.63, 3.8) is 0 Å². The second kappa shape index (κ2) is 4.46. The van der Waals surface area contributed by atoms with Crippen LogP contribution in [0.25, 0.3) is 0 Å². The Labute approximate surface area is 72.9 Å². The number of hydrogen-bond acceptors (Lipinski definition) is 0. The van der Waals surface area contributed by atoms with Crippen LogP contribution in [0.1, 0.15) is 19.3 Å². The van der Waals surface area contributed by atoms with Gasteiger partial charge in [-0.05, 0) is 37.5 Å². The minimum absolute atomic E-state index is 0.646. The lowest BCUT2D eigenvalue weighted by Crippen LogP contribution is -2.22. The first kappa shape index (κ1) is 8.67. The molecule has 0 spiro atoms. The second-order valence-corrected chi connectivity index (χ2v) is 3.55. The Bertz CT molecular complexity index is 81.3. The summed E-state index contributed by atoms with van der Waals surface area (Å²) in [4.78, 5) is 0. The van der Waals surface area contributed by atoms with E-state index in [1.54, 1.807) is 0 Å². The van der Waals surface area contributed by atoms with Crippen molar-refractivity contribution >= 4 is 23.2 Å². The van der Waals surface area contributed by atoms with Crippen LogP contribution < -0.4 is 0 Å². The molecule has 0 nitrogen and oxygen atoms in total. The zero-order chi connectivity index (χ0) is 7.40. The third kappa shape index (κ3) is 2.03. The van der Waals surface area contributed by atoms with Gasteiger partial charge in [0, 0.05) is 11.8 Å². The summed E-state index contributed by atoms with van der Waals surface area (Å²) in [6.45, 7) is 0. The maximum absolute atomic E-state index is 5.78. The standard InChI is InChI=1S/C8H13Cl2/c9-5-7-3-1-2-4-8(7)6-10/h1,7-8H,2-6H2. The van der Waals surface area contributed by atoms with Gasteiger partial charge in [0.05, 0.1) is 0 Å². The molecule has 0 bridgehead atoms. The number of halogens is 2. The maximum atomic E-state index is 5.78. The quantitative estimate of drug-likeness (QED) is 0.573. The van der Waals surface area contributed by atoms with Gasteiger partial charge in [-0.2, -0.15) is 0 Å². The van der Waals surface area contributed by atoms with Crippen molar-refractivity contribution in [1.82, 2.24) is 0 Å². The minimum atomic E-state index is 0.646. The SMILES string of the molecule is ClCC1C[CH]CCC1CCl. The van der Waals surface area contributed by atoms with Gasteiger partial charge in [0.2, 0.25) is 0 Å². The first-order chi connectivity index (χ1) is 4.88. The molecule has 1 aliphatic carbocycles. The topological polar surface area (TPSA) is 0 Å².